The molecule has 0 spiro atoms. The number of hydrogen-bond acceptors (Lipinski definition) is 4. The van der Waals surface area contributed by atoms with Crippen LogP contribution in [0.5, 0.6) is 0 Å². The van der Waals surface area contributed by atoms with Crippen molar-refractivity contribution in [3.8, 4) is 0 Å². The molecule has 4 nitrogen and oxygen atoms in total. The van der Waals surface area contributed by atoms with Crippen molar-refractivity contribution in [1.29, 1.82) is 0 Å². The van der Waals surface area contributed by atoms with E-state index in [1.54, 1.807) is 13.2 Å². The van der Waals surface area contributed by atoms with Crippen LogP contribution in [-0.4, -0.2) is 33.0 Å². The second-order valence-corrected chi connectivity index (χ2v) is 4.31. The van der Waals surface area contributed by atoms with Crippen molar-refractivity contribution in [2.24, 2.45) is 5.84 Å². The SMILES string of the molecule is COCCOCC(Cc1cc(Cl)ccc1F)NN. The zero-order chi connectivity index (χ0) is 13.4. The Morgan fingerprint density at radius 3 is 2.89 bits per heavy atom. The van der Waals surface area contributed by atoms with Crippen LogP contribution in [0.4, 0.5) is 4.39 Å². The van der Waals surface area contributed by atoms with Gasteiger partial charge in [-0.25, -0.2) is 4.39 Å². The summed E-state index contributed by atoms with van der Waals surface area (Å²) in [4.78, 5) is 0. The standard InChI is InChI=1S/C12H18ClFN2O2/c1-17-4-5-18-8-11(16-15)7-9-6-10(13)2-3-12(9)14/h2-3,6,11,16H,4-5,7-8,15H2,1H3. The van der Waals surface area contributed by atoms with Crippen molar-refractivity contribution in [3.05, 3.63) is 34.6 Å². The molecule has 0 aliphatic rings. The average Bonchev–Trinajstić information content (AvgIpc) is 2.37. The molecule has 1 aromatic carbocycles. The maximum absolute atomic E-state index is 13.5. The molecule has 18 heavy (non-hydrogen) atoms. The minimum Gasteiger partial charge on any atom is -0.382 e. The lowest BCUT2D eigenvalue weighted by molar-refractivity contribution is 0.0586. The maximum atomic E-state index is 13.5. The molecule has 3 N–H and O–H groups in total. The second kappa shape index (κ2) is 8.39. The largest absolute Gasteiger partial charge is 0.382 e. The minimum atomic E-state index is -0.295. The third kappa shape index (κ3) is 5.29. The van der Waals surface area contributed by atoms with Gasteiger partial charge in [0.25, 0.3) is 0 Å². The summed E-state index contributed by atoms with van der Waals surface area (Å²) in [7, 11) is 1.60. The highest BCUT2D eigenvalue weighted by atomic mass is 35.5. The normalized spacial score (nSPS) is 12.7. The van der Waals surface area contributed by atoms with E-state index in [1.165, 1.54) is 12.1 Å². The van der Waals surface area contributed by atoms with Crippen molar-refractivity contribution in [1.82, 2.24) is 5.43 Å². The average molecular weight is 277 g/mol. The van der Waals surface area contributed by atoms with E-state index in [4.69, 9.17) is 26.9 Å². The zero-order valence-corrected chi connectivity index (χ0v) is 11.0. The number of hydrazine groups is 1. The van der Waals surface area contributed by atoms with Gasteiger partial charge >= 0.3 is 0 Å². The summed E-state index contributed by atoms with van der Waals surface area (Å²) < 4.78 is 23.7. The second-order valence-electron chi connectivity index (χ2n) is 3.87. The van der Waals surface area contributed by atoms with Crippen molar-refractivity contribution >= 4 is 11.6 Å². The molecule has 0 saturated carbocycles. The molecule has 1 unspecified atom stereocenters. The van der Waals surface area contributed by atoms with E-state index < -0.39 is 0 Å². The molecule has 0 fully saturated rings. The van der Waals surface area contributed by atoms with Crippen molar-refractivity contribution < 1.29 is 13.9 Å². The molecule has 0 aliphatic heterocycles. The molecule has 1 rings (SSSR count). The van der Waals surface area contributed by atoms with Crippen LogP contribution in [-0.2, 0) is 15.9 Å². The van der Waals surface area contributed by atoms with Gasteiger partial charge in [0.2, 0.25) is 0 Å². The monoisotopic (exact) mass is 276 g/mol. The summed E-state index contributed by atoms with van der Waals surface area (Å²) in [5, 5.41) is 0.502. The molecule has 102 valence electrons. The number of nitrogens with one attached hydrogen (secondary N) is 1. The lowest BCUT2D eigenvalue weighted by Gasteiger charge is -2.16. The fourth-order valence-corrected chi connectivity index (χ4v) is 1.69. The highest BCUT2D eigenvalue weighted by molar-refractivity contribution is 6.30. The highest BCUT2D eigenvalue weighted by Crippen LogP contribution is 2.16. The van der Waals surface area contributed by atoms with Crippen molar-refractivity contribution in [2.75, 3.05) is 26.9 Å². The first kappa shape index (κ1) is 15.3. The Labute approximate surface area is 111 Å². The number of hydrogen-bond donors (Lipinski definition) is 2. The number of rotatable bonds is 8. The first-order chi connectivity index (χ1) is 8.67. The van der Waals surface area contributed by atoms with E-state index in [9.17, 15) is 4.39 Å². The lowest BCUT2D eigenvalue weighted by Crippen LogP contribution is -2.40. The fourth-order valence-electron chi connectivity index (χ4n) is 1.50. The highest BCUT2D eigenvalue weighted by Gasteiger charge is 2.11. The minimum absolute atomic E-state index is 0.171. The number of halogens is 2. The van der Waals surface area contributed by atoms with Crippen LogP contribution in [0.3, 0.4) is 0 Å². The Bertz CT molecular complexity index is 366. The molecule has 0 aromatic heterocycles. The van der Waals surface area contributed by atoms with Crippen LogP contribution in [0.25, 0.3) is 0 Å². The van der Waals surface area contributed by atoms with Crippen LogP contribution in [0.15, 0.2) is 18.2 Å². The van der Waals surface area contributed by atoms with Crippen LogP contribution in [0, 0.1) is 5.82 Å². The Morgan fingerprint density at radius 1 is 1.44 bits per heavy atom. The van der Waals surface area contributed by atoms with Crippen LogP contribution in [0.2, 0.25) is 5.02 Å². The molecule has 0 saturated heterocycles. The number of benzene rings is 1. The molecule has 0 heterocycles. The van der Waals surface area contributed by atoms with Gasteiger partial charge < -0.3 is 9.47 Å². The third-order valence-corrected chi connectivity index (χ3v) is 2.70. The van der Waals surface area contributed by atoms with Gasteiger partial charge in [0.05, 0.1) is 19.8 Å². The van der Waals surface area contributed by atoms with E-state index in [-0.39, 0.29) is 11.9 Å². The Kier molecular flexibility index (Phi) is 7.15. The fraction of sp³-hybridized carbons (Fsp3) is 0.500. The van der Waals surface area contributed by atoms with Crippen LogP contribution in [0.1, 0.15) is 5.56 Å². The van der Waals surface area contributed by atoms with Crippen molar-refractivity contribution in [2.45, 2.75) is 12.5 Å². The molecule has 1 aromatic rings. The quantitative estimate of drug-likeness (QED) is 0.429. The van der Waals surface area contributed by atoms with E-state index >= 15 is 0 Å². The van der Waals surface area contributed by atoms with E-state index in [2.05, 4.69) is 5.43 Å². The first-order valence-electron chi connectivity index (χ1n) is 5.64. The smallest absolute Gasteiger partial charge is 0.126 e. The van der Waals surface area contributed by atoms with Gasteiger partial charge in [-0.1, -0.05) is 11.6 Å². The van der Waals surface area contributed by atoms with Gasteiger partial charge in [0, 0.05) is 18.2 Å². The molecule has 0 amide bonds. The number of ether oxygens (including phenoxy) is 2. The summed E-state index contributed by atoms with van der Waals surface area (Å²) in [5.41, 5.74) is 3.11. The van der Waals surface area contributed by atoms with E-state index in [0.717, 1.165) is 0 Å². The summed E-state index contributed by atoms with van der Waals surface area (Å²) in [6.45, 7) is 1.38. The predicted octanol–water partition coefficient (Wildman–Crippen LogP) is 1.52. The van der Waals surface area contributed by atoms with Gasteiger partial charge in [-0.05, 0) is 30.2 Å². The molecule has 0 radical (unpaired) electrons. The van der Waals surface area contributed by atoms with Gasteiger partial charge in [-0.15, -0.1) is 0 Å². The van der Waals surface area contributed by atoms with Gasteiger partial charge in [-0.2, -0.15) is 0 Å². The maximum Gasteiger partial charge on any atom is 0.126 e. The Hall–Kier alpha value is -0.720. The van der Waals surface area contributed by atoms with Gasteiger partial charge in [0.1, 0.15) is 5.82 Å². The summed E-state index contributed by atoms with van der Waals surface area (Å²) in [6, 6.07) is 4.28. The van der Waals surface area contributed by atoms with Gasteiger partial charge in [-0.3, -0.25) is 11.3 Å². The van der Waals surface area contributed by atoms with E-state index in [1.807, 2.05) is 0 Å². The first-order valence-corrected chi connectivity index (χ1v) is 6.02. The predicted molar refractivity (Wildman–Crippen MR) is 68.9 cm³/mol. The zero-order valence-electron chi connectivity index (χ0n) is 10.3. The van der Waals surface area contributed by atoms with Gasteiger partial charge in [0.15, 0.2) is 0 Å². The molecular formula is C12H18ClFN2O2. The Morgan fingerprint density at radius 2 is 2.22 bits per heavy atom. The third-order valence-electron chi connectivity index (χ3n) is 2.46. The number of nitrogens with two attached hydrogens (primary N) is 1. The molecule has 0 bridgehead atoms. The molecular weight excluding hydrogens is 259 g/mol. The lowest BCUT2D eigenvalue weighted by atomic mass is 10.1. The van der Waals surface area contributed by atoms with Crippen LogP contribution >= 0.6 is 11.6 Å². The van der Waals surface area contributed by atoms with Crippen molar-refractivity contribution in [3.63, 3.8) is 0 Å². The van der Waals surface area contributed by atoms with E-state index in [0.29, 0.717) is 36.8 Å². The topological polar surface area (TPSA) is 56.5 Å². The van der Waals surface area contributed by atoms with Crippen LogP contribution < -0.4 is 11.3 Å². The Balaban J connectivity index is 2.48. The summed E-state index contributed by atoms with van der Waals surface area (Å²) in [5.74, 6) is 5.11. The molecule has 0 aliphatic carbocycles. The molecule has 6 heteroatoms. The summed E-state index contributed by atoms with van der Waals surface area (Å²) in [6.07, 6.45) is 0.413. The molecule has 1 atom stereocenters. The summed E-state index contributed by atoms with van der Waals surface area (Å²) >= 11 is 5.82. The number of methoxy groups -OCH3 is 1.